The molecule has 0 amide bonds. The zero-order chi connectivity index (χ0) is 19.8. The minimum atomic E-state index is -2.58. The van der Waals surface area contributed by atoms with E-state index < -0.39 is 14.4 Å². The standard InChI is InChI=1S/C23H34O3Si/c1-5-6-17-25-18-20(24)19-26-27(23(2,3)4,21-13-9-7-10-14-21)22-15-11-8-12-16-22/h7-16,20,24H,5-6,17-19H2,1-4H3. The minimum absolute atomic E-state index is 0.0848. The summed E-state index contributed by atoms with van der Waals surface area (Å²) in [4.78, 5) is 0. The van der Waals surface area contributed by atoms with Crippen molar-refractivity contribution in [3.63, 3.8) is 0 Å². The lowest BCUT2D eigenvalue weighted by molar-refractivity contribution is 0.00924. The molecule has 0 aliphatic carbocycles. The number of rotatable bonds is 10. The van der Waals surface area contributed by atoms with Gasteiger partial charge in [0.2, 0.25) is 0 Å². The van der Waals surface area contributed by atoms with Gasteiger partial charge in [0.05, 0.1) is 19.3 Å². The van der Waals surface area contributed by atoms with E-state index in [1.54, 1.807) is 0 Å². The van der Waals surface area contributed by atoms with Gasteiger partial charge in [0.25, 0.3) is 8.32 Å². The van der Waals surface area contributed by atoms with Crippen LogP contribution >= 0.6 is 0 Å². The maximum absolute atomic E-state index is 10.4. The third kappa shape index (κ3) is 5.52. The lowest BCUT2D eigenvalue weighted by atomic mass is 10.2. The van der Waals surface area contributed by atoms with Crippen molar-refractivity contribution in [2.24, 2.45) is 0 Å². The smallest absolute Gasteiger partial charge is 0.261 e. The van der Waals surface area contributed by atoms with Crippen LogP contribution in [0.4, 0.5) is 0 Å². The van der Waals surface area contributed by atoms with Crippen LogP contribution in [0.2, 0.25) is 5.04 Å². The Morgan fingerprint density at radius 1 is 0.889 bits per heavy atom. The molecule has 1 N–H and O–H groups in total. The van der Waals surface area contributed by atoms with Gasteiger partial charge in [-0.1, -0.05) is 94.8 Å². The van der Waals surface area contributed by atoms with Gasteiger partial charge in [-0.3, -0.25) is 0 Å². The predicted octanol–water partition coefficient (Wildman–Crippen LogP) is 3.74. The summed E-state index contributed by atoms with van der Waals surface area (Å²) in [6, 6.07) is 21.0. The molecule has 2 aromatic carbocycles. The van der Waals surface area contributed by atoms with E-state index in [9.17, 15) is 5.11 Å². The topological polar surface area (TPSA) is 38.7 Å². The van der Waals surface area contributed by atoms with Gasteiger partial charge < -0.3 is 14.3 Å². The lowest BCUT2D eigenvalue weighted by Crippen LogP contribution is -2.67. The molecule has 0 aliphatic heterocycles. The molecule has 0 saturated carbocycles. The van der Waals surface area contributed by atoms with Gasteiger partial charge in [0, 0.05) is 6.61 Å². The average molecular weight is 387 g/mol. The number of hydrogen-bond acceptors (Lipinski definition) is 3. The summed E-state index contributed by atoms with van der Waals surface area (Å²) >= 11 is 0. The molecule has 0 bridgehead atoms. The van der Waals surface area contributed by atoms with Gasteiger partial charge in [0.15, 0.2) is 0 Å². The van der Waals surface area contributed by atoms with Crippen molar-refractivity contribution in [1.82, 2.24) is 0 Å². The quantitative estimate of drug-likeness (QED) is 0.499. The van der Waals surface area contributed by atoms with Crippen molar-refractivity contribution < 1.29 is 14.3 Å². The number of aliphatic hydroxyl groups is 1. The average Bonchev–Trinajstić information content (AvgIpc) is 2.66. The van der Waals surface area contributed by atoms with Crippen molar-refractivity contribution in [2.45, 2.75) is 51.7 Å². The normalized spacial score (nSPS) is 13.5. The summed E-state index contributed by atoms with van der Waals surface area (Å²) in [5.74, 6) is 0. The van der Waals surface area contributed by atoms with E-state index in [1.807, 2.05) is 12.1 Å². The van der Waals surface area contributed by atoms with Crippen LogP contribution in [0.1, 0.15) is 40.5 Å². The highest BCUT2D eigenvalue weighted by molar-refractivity contribution is 6.99. The van der Waals surface area contributed by atoms with Crippen LogP contribution in [0.25, 0.3) is 0 Å². The minimum Gasteiger partial charge on any atom is -0.405 e. The summed E-state index contributed by atoms with van der Waals surface area (Å²) in [5, 5.41) is 12.8. The maximum Gasteiger partial charge on any atom is 0.261 e. The van der Waals surface area contributed by atoms with E-state index in [0.717, 1.165) is 12.8 Å². The van der Waals surface area contributed by atoms with E-state index >= 15 is 0 Å². The second kappa shape index (κ2) is 10.2. The summed E-state index contributed by atoms with van der Waals surface area (Å²) < 4.78 is 12.3. The summed E-state index contributed by atoms with van der Waals surface area (Å²) in [6.07, 6.45) is 1.49. The molecule has 27 heavy (non-hydrogen) atoms. The van der Waals surface area contributed by atoms with Crippen molar-refractivity contribution in [3.8, 4) is 0 Å². The first kappa shape index (κ1) is 21.8. The molecule has 2 aromatic rings. The number of aliphatic hydroxyl groups excluding tert-OH is 1. The fourth-order valence-corrected chi connectivity index (χ4v) is 8.09. The highest BCUT2D eigenvalue weighted by Crippen LogP contribution is 2.36. The van der Waals surface area contributed by atoms with E-state index in [-0.39, 0.29) is 11.6 Å². The Bertz CT molecular complexity index is 613. The first-order chi connectivity index (χ1) is 12.9. The van der Waals surface area contributed by atoms with Crippen molar-refractivity contribution in [3.05, 3.63) is 60.7 Å². The summed E-state index contributed by atoms with van der Waals surface area (Å²) in [7, 11) is -2.58. The molecule has 0 saturated heterocycles. The molecular formula is C23H34O3Si. The van der Waals surface area contributed by atoms with Crippen LogP contribution in [-0.4, -0.2) is 39.3 Å². The lowest BCUT2D eigenvalue weighted by Gasteiger charge is -2.43. The molecule has 0 heterocycles. The molecule has 0 aromatic heterocycles. The fourth-order valence-electron chi connectivity index (χ4n) is 3.50. The maximum atomic E-state index is 10.4. The molecule has 3 nitrogen and oxygen atoms in total. The van der Waals surface area contributed by atoms with E-state index in [1.165, 1.54) is 10.4 Å². The molecule has 0 fully saturated rings. The van der Waals surface area contributed by atoms with Gasteiger partial charge in [-0.2, -0.15) is 0 Å². The van der Waals surface area contributed by atoms with Crippen LogP contribution in [0.5, 0.6) is 0 Å². The van der Waals surface area contributed by atoms with Gasteiger partial charge in [-0.15, -0.1) is 0 Å². The van der Waals surface area contributed by atoms with Crippen LogP contribution in [0.15, 0.2) is 60.7 Å². The molecular weight excluding hydrogens is 352 g/mol. The SMILES string of the molecule is CCCCOCC(O)CO[Si](c1ccccc1)(c1ccccc1)C(C)(C)C. The van der Waals surface area contributed by atoms with Gasteiger partial charge >= 0.3 is 0 Å². The largest absolute Gasteiger partial charge is 0.405 e. The molecule has 0 spiro atoms. The Morgan fingerprint density at radius 3 is 1.85 bits per heavy atom. The monoisotopic (exact) mass is 386 g/mol. The molecule has 148 valence electrons. The van der Waals surface area contributed by atoms with Crippen molar-refractivity contribution in [1.29, 1.82) is 0 Å². The van der Waals surface area contributed by atoms with Crippen LogP contribution in [0.3, 0.4) is 0 Å². The van der Waals surface area contributed by atoms with E-state index in [0.29, 0.717) is 13.2 Å². The number of ether oxygens (including phenoxy) is 1. The van der Waals surface area contributed by atoms with Gasteiger partial charge in [-0.05, 0) is 21.8 Å². The molecule has 0 aliphatic rings. The van der Waals surface area contributed by atoms with E-state index in [2.05, 4.69) is 76.2 Å². The first-order valence-corrected chi connectivity index (χ1v) is 11.8. The van der Waals surface area contributed by atoms with Crippen molar-refractivity contribution in [2.75, 3.05) is 19.8 Å². The third-order valence-electron chi connectivity index (χ3n) is 4.86. The second-order valence-corrected chi connectivity index (χ2v) is 12.4. The van der Waals surface area contributed by atoms with Crippen LogP contribution < -0.4 is 10.4 Å². The zero-order valence-electron chi connectivity index (χ0n) is 17.2. The van der Waals surface area contributed by atoms with Crippen LogP contribution in [-0.2, 0) is 9.16 Å². The molecule has 1 atom stereocenters. The van der Waals surface area contributed by atoms with Gasteiger partial charge in [0.1, 0.15) is 0 Å². The van der Waals surface area contributed by atoms with Crippen LogP contribution in [0, 0.1) is 0 Å². The number of benzene rings is 2. The Morgan fingerprint density at radius 2 is 1.41 bits per heavy atom. The highest BCUT2D eigenvalue weighted by Gasteiger charge is 2.50. The first-order valence-electron chi connectivity index (χ1n) is 9.92. The highest BCUT2D eigenvalue weighted by atomic mass is 28.4. The Labute approximate surface area is 165 Å². The molecule has 4 heteroatoms. The fraction of sp³-hybridized carbons (Fsp3) is 0.478. The summed E-state index contributed by atoms with van der Waals surface area (Å²) in [5.41, 5.74) is 0. The second-order valence-electron chi connectivity index (χ2n) is 8.06. The number of hydrogen-bond donors (Lipinski definition) is 1. The molecule has 1 unspecified atom stereocenters. The third-order valence-corrected chi connectivity index (χ3v) is 9.87. The van der Waals surface area contributed by atoms with E-state index in [4.69, 9.17) is 9.16 Å². The zero-order valence-corrected chi connectivity index (χ0v) is 18.2. The predicted molar refractivity (Wildman–Crippen MR) is 115 cm³/mol. The Hall–Kier alpha value is -1.46. The molecule has 0 radical (unpaired) electrons. The number of unbranched alkanes of at least 4 members (excludes halogenated alkanes) is 1. The molecule has 2 rings (SSSR count). The Balaban J connectivity index is 2.30. The summed E-state index contributed by atoms with van der Waals surface area (Å²) in [6.45, 7) is 10.1. The van der Waals surface area contributed by atoms with Crippen molar-refractivity contribution >= 4 is 18.7 Å². The Kier molecular flexibility index (Phi) is 8.23. The van der Waals surface area contributed by atoms with Gasteiger partial charge in [-0.25, -0.2) is 0 Å².